The van der Waals surface area contributed by atoms with E-state index in [1.807, 2.05) is 0 Å². The van der Waals surface area contributed by atoms with Crippen LogP contribution in [0.15, 0.2) is 12.2 Å². The molecule has 0 amide bonds. The summed E-state index contributed by atoms with van der Waals surface area (Å²) in [5, 5.41) is 0. The van der Waals surface area contributed by atoms with Gasteiger partial charge in [0.2, 0.25) is 0 Å². The second-order valence-electron chi connectivity index (χ2n) is 9.74. The third kappa shape index (κ3) is 33.1. The van der Waals surface area contributed by atoms with E-state index < -0.39 is 5.97 Å². The van der Waals surface area contributed by atoms with Crippen molar-refractivity contribution in [3.8, 4) is 0 Å². The molecule has 40 heavy (non-hydrogen) atoms. The summed E-state index contributed by atoms with van der Waals surface area (Å²) in [5.74, 6) is -0.403. The second-order valence-corrected chi connectivity index (χ2v) is 9.74. The van der Waals surface area contributed by atoms with Crippen molar-refractivity contribution < 1.29 is 42.7 Å². The van der Waals surface area contributed by atoms with Crippen molar-refractivity contribution in [2.75, 3.05) is 99.1 Å². The van der Waals surface area contributed by atoms with Crippen LogP contribution in [-0.2, 0) is 42.7 Å². The van der Waals surface area contributed by atoms with E-state index in [0.29, 0.717) is 91.5 Å². The van der Waals surface area contributed by atoms with Gasteiger partial charge in [0.25, 0.3) is 0 Å². The van der Waals surface area contributed by atoms with Crippen molar-refractivity contribution in [2.45, 2.75) is 84.5 Å². The quantitative estimate of drug-likeness (QED) is 0.0557. The highest BCUT2D eigenvalue weighted by Gasteiger charge is 2.02. The fraction of sp³-hybridized carbons (Fsp3) is 0.903. The summed E-state index contributed by atoms with van der Waals surface area (Å²) in [6.45, 7) is 15.1. The summed E-state index contributed by atoms with van der Waals surface area (Å²) in [4.78, 5) is 11.2. The lowest BCUT2D eigenvalue weighted by atomic mass is 10.1. The number of hydrogen-bond acceptors (Lipinski definition) is 9. The molecule has 9 heteroatoms. The topological polar surface area (TPSA) is 90.9 Å². The number of rotatable bonds is 34. The Bertz CT molecular complexity index is 531. The van der Waals surface area contributed by atoms with E-state index in [-0.39, 0.29) is 6.61 Å². The Kier molecular flexibility index (Phi) is 33.2. The Labute approximate surface area is 244 Å². The number of unbranched alkanes of at least 4 members (excludes halogenated alkanes) is 10. The zero-order chi connectivity index (χ0) is 29.2. The molecule has 0 aliphatic rings. The summed E-state index contributed by atoms with van der Waals surface area (Å²) in [7, 11) is 0. The molecule has 0 aromatic carbocycles. The summed E-state index contributed by atoms with van der Waals surface area (Å²) >= 11 is 0. The van der Waals surface area contributed by atoms with Gasteiger partial charge in [0, 0.05) is 12.2 Å². The van der Waals surface area contributed by atoms with Crippen molar-refractivity contribution in [1.82, 2.24) is 0 Å². The minimum Gasteiger partial charge on any atom is -0.460 e. The van der Waals surface area contributed by atoms with E-state index >= 15 is 0 Å². The van der Waals surface area contributed by atoms with E-state index in [2.05, 4.69) is 13.5 Å². The van der Waals surface area contributed by atoms with Gasteiger partial charge in [-0.1, -0.05) is 77.7 Å². The molecule has 0 N–H and O–H groups in total. The Morgan fingerprint density at radius 2 is 0.700 bits per heavy atom. The van der Waals surface area contributed by atoms with E-state index in [1.54, 1.807) is 6.92 Å². The van der Waals surface area contributed by atoms with Crippen LogP contribution in [0.4, 0.5) is 0 Å². The van der Waals surface area contributed by atoms with Crippen molar-refractivity contribution in [3.05, 3.63) is 12.2 Å². The van der Waals surface area contributed by atoms with Crippen LogP contribution in [0, 0.1) is 0 Å². The maximum absolute atomic E-state index is 11.2. The minimum atomic E-state index is -0.403. The van der Waals surface area contributed by atoms with Gasteiger partial charge in [-0.25, -0.2) is 4.79 Å². The van der Waals surface area contributed by atoms with Gasteiger partial charge in [0.05, 0.1) is 85.9 Å². The van der Waals surface area contributed by atoms with Gasteiger partial charge in [-0.05, 0) is 13.3 Å². The molecule has 0 aliphatic heterocycles. The third-order valence-electron chi connectivity index (χ3n) is 5.93. The number of carbonyl (C=O) groups excluding carboxylic acids is 1. The van der Waals surface area contributed by atoms with Crippen molar-refractivity contribution in [3.63, 3.8) is 0 Å². The first kappa shape index (κ1) is 38.9. The highest BCUT2D eigenvalue weighted by molar-refractivity contribution is 5.86. The molecule has 0 fully saturated rings. The van der Waals surface area contributed by atoms with Crippen LogP contribution < -0.4 is 0 Å². The van der Waals surface area contributed by atoms with Gasteiger partial charge >= 0.3 is 5.97 Å². The Morgan fingerprint density at radius 3 is 1.02 bits per heavy atom. The molecular weight excluding hydrogens is 516 g/mol. The first-order valence-electron chi connectivity index (χ1n) is 15.5. The number of esters is 1. The molecular formula is C31H60O9. The van der Waals surface area contributed by atoms with Crippen LogP contribution in [0.25, 0.3) is 0 Å². The molecule has 0 bridgehead atoms. The van der Waals surface area contributed by atoms with Crippen LogP contribution in [0.1, 0.15) is 84.5 Å². The smallest absolute Gasteiger partial charge is 0.333 e. The molecule has 0 aliphatic carbocycles. The second kappa shape index (κ2) is 34.1. The van der Waals surface area contributed by atoms with Crippen molar-refractivity contribution in [2.24, 2.45) is 0 Å². The molecule has 0 aromatic rings. The number of carbonyl (C=O) groups is 1. The molecule has 0 saturated heterocycles. The lowest BCUT2D eigenvalue weighted by Crippen LogP contribution is -2.15. The van der Waals surface area contributed by atoms with Crippen LogP contribution in [0.2, 0.25) is 0 Å². The third-order valence-corrected chi connectivity index (χ3v) is 5.93. The average Bonchev–Trinajstić information content (AvgIpc) is 2.95. The van der Waals surface area contributed by atoms with E-state index in [0.717, 1.165) is 13.0 Å². The van der Waals surface area contributed by atoms with Gasteiger partial charge < -0.3 is 37.9 Å². The molecule has 0 unspecified atom stereocenters. The molecule has 9 nitrogen and oxygen atoms in total. The maximum Gasteiger partial charge on any atom is 0.333 e. The highest BCUT2D eigenvalue weighted by Crippen LogP contribution is 2.11. The first-order valence-corrected chi connectivity index (χ1v) is 15.5. The zero-order valence-corrected chi connectivity index (χ0v) is 25.8. The molecule has 0 atom stereocenters. The maximum atomic E-state index is 11.2. The Balaban J connectivity index is 3.06. The van der Waals surface area contributed by atoms with Crippen LogP contribution >= 0.6 is 0 Å². The SMILES string of the molecule is C=C(C)C(=O)OCCOCCOCCOCCOCCOCCOCCOCCCCCCCCCCCCC. The predicted molar refractivity (Wildman–Crippen MR) is 158 cm³/mol. The molecule has 0 heterocycles. The standard InChI is InChI=1S/C31H60O9/c1-4-5-6-7-8-9-10-11-12-13-14-15-33-16-17-34-18-19-35-20-21-36-22-23-37-24-25-38-26-27-39-28-29-40-31(32)30(2)3/h2,4-29H2,1,3H3. The zero-order valence-electron chi connectivity index (χ0n) is 25.8. The van der Waals surface area contributed by atoms with Crippen molar-refractivity contribution >= 4 is 5.97 Å². The first-order chi connectivity index (χ1) is 19.7. The Hall–Kier alpha value is -1.07. The molecule has 0 saturated carbocycles. The van der Waals surface area contributed by atoms with Gasteiger partial charge in [-0.2, -0.15) is 0 Å². The summed E-state index contributed by atoms with van der Waals surface area (Å²) in [6, 6.07) is 0. The van der Waals surface area contributed by atoms with E-state index in [1.165, 1.54) is 64.2 Å². The number of hydrogen-bond donors (Lipinski definition) is 0. The molecule has 0 spiro atoms. The van der Waals surface area contributed by atoms with Crippen LogP contribution in [0.5, 0.6) is 0 Å². The normalized spacial score (nSPS) is 11.2. The lowest BCUT2D eigenvalue weighted by Gasteiger charge is -2.09. The summed E-state index contributed by atoms with van der Waals surface area (Å²) in [5.41, 5.74) is 0.379. The molecule has 238 valence electrons. The predicted octanol–water partition coefficient (Wildman–Crippen LogP) is 5.53. The van der Waals surface area contributed by atoms with E-state index in [9.17, 15) is 4.79 Å². The molecule has 0 rings (SSSR count). The largest absolute Gasteiger partial charge is 0.460 e. The monoisotopic (exact) mass is 576 g/mol. The highest BCUT2D eigenvalue weighted by atomic mass is 16.6. The number of ether oxygens (including phenoxy) is 8. The summed E-state index contributed by atoms with van der Waals surface area (Å²) < 4.78 is 43.2. The molecule has 0 radical (unpaired) electrons. The average molecular weight is 577 g/mol. The summed E-state index contributed by atoms with van der Waals surface area (Å²) in [6.07, 6.45) is 14.9. The Morgan fingerprint density at radius 1 is 0.425 bits per heavy atom. The fourth-order valence-electron chi connectivity index (χ4n) is 3.61. The van der Waals surface area contributed by atoms with Gasteiger partial charge in [0.15, 0.2) is 0 Å². The van der Waals surface area contributed by atoms with Gasteiger partial charge in [0.1, 0.15) is 6.61 Å². The van der Waals surface area contributed by atoms with Crippen LogP contribution in [-0.4, -0.2) is 105 Å². The minimum absolute atomic E-state index is 0.211. The fourth-order valence-corrected chi connectivity index (χ4v) is 3.61. The van der Waals surface area contributed by atoms with E-state index in [4.69, 9.17) is 37.9 Å². The van der Waals surface area contributed by atoms with Gasteiger partial charge in [-0.3, -0.25) is 0 Å². The van der Waals surface area contributed by atoms with Crippen LogP contribution in [0.3, 0.4) is 0 Å². The lowest BCUT2D eigenvalue weighted by molar-refractivity contribution is -0.140. The van der Waals surface area contributed by atoms with Crippen molar-refractivity contribution in [1.29, 1.82) is 0 Å². The van der Waals surface area contributed by atoms with Gasteiger partial charge in [-0.15, -0.1) is 0 Å². The molecule has 0 aromatic heterocycles.